The molecule has 0 spiro atoms. The van der Waals surface area contributed by atoms with Crippen LogP contribution in [0.2, 0.25) is 0 Å². The fourth-order valence-corrected chi connectivity index (χ4v) is 1.53. The van der Waals surface area contributed by atoms with Crippen LogP contribution < -0.4 is 5.32 Å². The molecule has 0 aromatic carbocycles. The standard InChI is InChI=1S/C12H13N5O/c1-3-10(12-15-8(2)18-17-12)16-11-5-4-9(6-13)7-14-11/h4-5,7,10H,3H2,1-2H3,(H,14,16). The number of nitriles is 1. The van der Waals surface area contributed by atoms with Gasteiger partial charge < -0.3 is 9.84 Å². The average molecular weight is 243 g/mol. The summed E-state index contributed by atoms with van der Waals surface area (Å²) in [7, 11) is 0. The molecule has 0 amide bonds. The fourth-order valence-electron chi connectivity index (χ4n) is 1.53. The molecule has 1 unspecified atom stereocenters. The van der Waals surface area contributed by atoms with E-state index in [0.717, 1.165) is 6.42 Å². The molecule has 0 saturated heterocycles. The number of rotatable bonds is 4. The SMILES string of the molecule is CCC(Nc1ccc(C#N)cn1)c1noc(C)n1. The molecule has 0 bridgehead atoms. The van der Waals surface area contributed by atoms with Gasteiger partial charge >= 0.3 is 0 Å². The second-order valence-electron chi connectivity index (χ2n) is 3.82. The zero-order valence-corrected chi connectivity index (χ0v) is 10.2. The lowest BCUT2D eigenvalue weighted by Gasteiger charge is -2.13. The van der Waals surface area contributed by atoms with E-state index in [2.05, 4.69) is 20.4 Å². The van der Waals surface area contributed by atoms with Crippen molar-refractivity contribution in [2.75, 3.05) is 5.32 Å². The van der Waals surface area contributed by atoms with Crippen molar-refractivity contribution < 1.29 is 4.52 Å². The maximum absolute atomic E-state index is 8.69. The van der Waals surface area contributed by atoms with Crippen molar-refractivity contribution in [3.8, 4) is 6.07 Å². The van der Waals surface area contributed by atoms with Gasteiger partial charge in [-0.3, -0.25) is 0 Å². The molecular weight excluding hydrogens is 230 g/mol. The van der Waals surface area contributed by atoms with Crippen molar-refractivity contribution >= 4 is 5.82 Å². The van der Waals surface area contributed by atoms with Crippen molar-refractivity contribution in [3.63, 3.8) is 0 Å². The van der Waals surface area contributed by atoms with Crippen molar-refractivity contribution in [1.29, 1.82) is 5.26 Å². The van der Waals surface area contributed by atoms with Gasteiger partial charge in [-0.25, -0.2) is 4.98 Å². The van der Waals surface area contributed by atoms with Crippen LogP contribution in [-0.4, -0.2) is 15.1 Å². The van der Waals surface area contributed by atoms with E-state index in [-0.39, 0.29) is 6.04 Å². The number of nitrogens with one attached hydrogen (secondary N) is 1. The Bertz CT molecular complexity index is 555. The fraction of sp³-hybridized carbons (Fsp3) is 0.333. The summed E-state index contributed by atoms with van der Waals surface area (Å²) in [6, 6.07) is 5.44. The Morgan fingerprint density at radius 2 is 2.33 bits per heavy atom. The summed E-state index contributed by atoms with van der Waals surface area (Å²) in [6.07, 6.45) is 2.33. The molecule has 2 heterocycles. The molecule has 18 heavy (non-hydrogen) atoms. The third kappa shape index (κ3) is 2.63. The topological polar surface area (TPSA) is 87.6 Å². The summed E-state index contributed by atoms with van der Waals surface area (Å²) in [5.74, 6) is 1.84. The average Bonchev–Trinajstić information content (AvgIpc) is 2.83. The summed E-state index contributed by atoms with van der Waals surface area (Å²) < 4.78 is 4.96. The largest absolute Gasteiger partial charge is 0.360 e. The molecule has 1 atom stereocenters. The Morgan fingerprint density at radius 3 is 2.83 bits per heavy atom. The van der Waals surface area contributed by atoms with Gasteiger partial charge in [-0.15, -0.1) is 0 Å². The maximum Gasteiger partial charge on any atom is 0.223 e. The molecule has 0 aliphatic carbocycles. The van der Waals surface area contributed by atoms with E-state index in [9.17, 15) is 0 Å². The maximum atomic E-state index is 8.69. The summed E-state index contributed by atoms with van der Waals surface area (Å²) in [5.41, 5.74) is 0.531. The Labute approximate surface area is 105 Å². The third-order valence-corrected chi connectivity index (χ3v) is 2.48. The van der Waals surface area contributed by atoms with E-state index in [1.807, 2.05) is 13.0 Å². The number of pyridine rings is 1. The summed E-state index contributed by atoms with van der Waals surface area (Å²) in [5, 5.41) is 15.8. The lowest BCUT2D eigenvalue weighted by atomic mass is 10.2. The van der Waals surface area contributed by atoms with E-state index >= 15 is 0 Å². The van der Waals surface area contributed by atoms with Crippen LogP contribution in [0.1, 0.15) is 36.7 Å². The summed E-state index contributed by atoms with van der Waals surface area (Å²) >= 11 is 0. The van der Waals surface area contributed by atoms with Crippen molar-refractivity contribution in [3.05, 3.63) is 35.6 Å². The highest BCUT2D eigenvalue weighted by Gasteiger charge is 2.15. The first kappa shape index (κ1) is 12.0. The second-order valence-corrected chi connectivity index (χ2v) is 3.82. The summed E-state index contributed by atoms with van der Waals surface area (Å²) in [4.78, 5) is 8.34. The highest BCUT2D eigenvalue weighted by Crippen LogP contribution is 2.18. The van der Waals surface area contributed by atoms with Gasteiger partial charge in [0.15, 0.2) is 5.82 Å². The number of hydrogen-bond acceptors (Lipinski definition) is 6. The minimum absolute atomic E-state index is 0.0529. The monoisotopic (exact) mass is 243 g/mol. The van der Waals surface area contributed by atoms with Crippen LogP contribution in [0.3, 0.4) is 0 Å². The first-order chi connectivity index (χ1) is 8.72. The molecule has 6 nitrogen and oxygen atoms in total. The molecule has 92 valence electrons. The molecule has 2 aromatic rings. The lowest BCUT2D eigenvalue weighted by molar-refractivity contribution is 0.384. The quantitative estimate of drug-likeness (QED) is 0.885. The molecule has 0 saturated carbocycles. The number of aromatic nitrogens is 3. The predicted octanol–water partition coefficient (Wildman–Crippen LogP) is 2.21. The van der Waals surface area contributed by atoms with E-state index in [0.29, 0.717) is 23.1 Å². The van der Waals surface area contributed by atoms with E-state index < -0.39 is 0 Å². The first-order valence-corrected chi connectivity index (χ1v) is 5.65. The van der Waals surface area contributed by atoms with E-state index in [1.165, 1.54) is 6.20 Å². The highest BCUT2D eigenvalue weighted by molar-refractivity contribution is 5.40. The number of hydrogen-bond donors (Lipinski definition) is 1. The van der Waals surface area contributed by atoms with Gasteiger partial charge in [-0.05, 0) is 18.6 Å². The van der Waals surface area contributed by atoms with Gasteiger partial charge in [0.05, 0.1) is 11.6 Å². The van der Waals surface area contributed by atoms with Gasteiger partial charge in [0.1, 0.15) is 11.9 Å². The molecular formula is C12H13N5O. The van der Waals surface area contributed by atoms with Gasteiger partial charge in [0.2, 0.25) is 5.89 Å². The Balaban J connectivity index is 2.13. The molecule has 2 rings (SSSR count). The number of anilines is 1. The highest BCUT2D eigenvalue weighted by atomic mass is 16.5. The minimum Gasteiger partial charge on any atom is -0.360 e. The summed E-state index contributed by atoms with van der Waals surface area (Å²) in [6.45, 7) is 3.77. The minimum atomic E-state index is -0.0529. The number of nitrogens with zero attached hydrogens (tertiary/aromatic N) is 4. The second kappa shape index (κ2) is 5.27. The van der Waals surface area contributed by atoms with Gasteiger partial charge in [0, 0.05) is 13.1 Å². The van der Waals surface area contributed by atoms with Crippen LogP contribution in [-0.2, 0) is 0 Å². The lowest BCUT2D eigenvalue weighted by Crippen LogP contribution is -2.12. The van der Waals surface area contributed by atoms with Gasteiger partial charge in [-0.2, -0.15) is 10.2 Å². The van der Waals surface area contributed by atoms with Crippen LogP contribution in [0.15, 0.2) is 22.9 Å². The third-order valence-electron chi connectivity index (χ3n) is 2.48. The first-order valence-electron chi connectivity index (χ1n) is 5.65. The Morgan fingerprint density at radius 1 is 1.50 bits per heavy atom. The molecule has 0 aliphatic rings. The van der Waals surface area contributed by atoms with Crippen molar-refractivity contribution in [2.24, 2.45) is 0 Å². The van der Waals surface area contributed by atoms with Crippen molar-refractivity contribution in [1.82, 2.24) is 15.1 Å². The van der Waals surface area contributed by atoms with Crippen molar-refractivity contribution in [2.45, 2.75) is 26.3 Å². The Kier molecular flexibility index (Phi) is 3.53. The number of aryl methyl sites for hydroxylation is 1. The Hall–Kier alpha value is -2.42. The van der Waals surface area contributed by atoms with Crippen LogP contribution in [0.25, 0.3) is 0 Å². The molecule has 0 aliphatic heterocycles. The van der Waals surface area contributed by atoms with E-state index in [4.69, 9.17) is 9.78 Å². The van der Waals surface area contributed by atoms with E-state index in [1.54, 1.807) is 19.1 Å². The normalized spacial score (nSPS) is 11.8. The molecule has 1 N–H and O–H groups in total. The molecule has 6 heteroatoms. The van der Waals surface area contributed by atoms with Crippen LogP contribution in [0.5, 0.6) is 0 Å². The van der Waals surface area contributed by atoms with Crippen LogP contribution in [0, 0.1) is 18.3 Å². The zero-order chi connectivity index (χ0) is 13.0. The van der Waals surface area contributed by atoms with Gasteiger partial charge in [-0.1, -0.05) is 12.1 Å². The van der Waals surface area contributed by atoms with Crippen LogP contribution in [0.4, 0.5) is 5.82 Å². The molecule has 2 aromatic heterocycles. The molecule has 0 fully saturated rings. The van der Waals surface area contributed by atoms with Crippen LogP contribution >= 0.6 is 0 Å². The predicted molar refractivity (Wildman–Crippen MR) is 64.6 cm³/mol. The zero-order valence-electron chi connectivity index (χ0n) is 10.2. The smallest absolute Gasteiger partial charge is 0.223 e. The van der Waals surface area contributed by atoms with Gasteiger partial charge in [0.25, 0.3) is 0 Å². The molecule has 0 radical (unpaired) electrons.